The molecular formula is C20H20F2N6O2. The molecule has 0 bridgehead atoms. The van der Waals surface area contributed by atoms with Crippen molar-refractivity contribution in [3.8, 4) is 11.8 Å². The van der Waals surface area contributed by atoms with Crippen LogP contribution < -0.4 is 9.64 Å². The van der Waals surface area contributed by atoms with Crippen molar-refractivity contribution in [1.82, 2.24) is 19.9 Å². The van der Waals surface area contributed by atoms with Gasteiger partial charge in [0.1, 0.15) is 29.4 Å². The van der Waals surface area contributed by atoms with Crippen LogP contribution in [0.1, 0.15) is 24.5 Å². The van der Waals surface area contributed by atoms with Gasteiger partial charge in [0.2, 0.25) is 11.9 Å². The van der Waals surface area contributed by atoms with E-state index in [2.05, 4.69) is 15.0 Å². The van der Waals surface area contributed by atoms with Crippen molar-refractivity contribution in [2.45, 2.75) is 25.8 Å². The third kappa shape index (κ3) is 3.30. The Hall–Kier alpha value is -3.35. The lowest BCUT2D eigenvalue weighted by atomic mass is 9.75. The zero-order valence-corrected chi connectivity index (χ0v) is 16.4. The second kappa shape index (κ2) is 7.48. The van der Waals surface area contributed by atoms with E-state index in [0.717, 1.165) is 0 Å². The largest absolute Gasteiger partial charge is 0.490 e. The quantitative estimate of drug-likeness (QED) is 0.742. The maximum Gasteiger partial charge on any atom is 0.279 e. The van der Waals surface area contributed by atoms with Crippen LogP contribution in [0.15, 0.2) is 30.9 Å². The Kier molecular flexibility index (Phi) is 4.97. The average molecular weight is 414 g/mol. The molecule has 0 aromatic carbocycles. The molecule has 0 saturated carbocycles. The monoisotopic (exact) mass is 414 g/mol. The van der Waals surface area contributed by atoms with Crippen molar-refractivity contribution in [3.63, 3.8) is 0 Å². The summed E-state index contributed by atoms with van der Waals surface area (Å²) in [7, 11) is 0. The first-order chi connectivity index (χ1) is 14.4. The summed E-state index contributed by atoms with van der Waals surface area (Å²) in [6.07, 6.45) is 5.83. The number of pyridine rings is 1. The van der Waals surface area contributed by atoms with Crippen LogP contribution in [0, 0.1) is 16.7 Å². The van der Waals surface area contributed by atoms with Crippen LogP contribution >= 0.6 is 0 Å². The van der Waals surface area contributed by atoms with Gasteiger partial charge in [0.15, 0.2) is 0 Å². The SMILES string of the molecule is C[C@]1(C(=O)N2CCOc3c(C#N)cncc3C2)CCN(c2ncccn2)CC1(F)F. The molecule has 4 rings (SSSR count). The Morgan fingerprint density at radius 2 is 2.03 bits per heavy atom. The van der Waals surface area contributed by atoms with Gasteiger partial charge < -0.3 is 14.5 Å². The van der Waals surface area contributed by atoms with Crippen LogP contribution in [0.4, 0.5) is 14.7 Å². The molecule has 1 saturated heterocycles. The normalized spacial score (nSPS) is 23.0. The van der Waals surface area contributed by atoms with Crippen molar-refractivity contribution >= 4 is 11.9 Å². The van der Waals surface area contributed by atoms with Crippen LogP contribution in [0.25, 0.3) is 0 Å². The second-order valence-corrected chi connectivity index (χ2v) is 7.62. The number of ether oxygens (including phenoxy) is 1. The van der Waals surface area contributed by atoms with Gasteiger partial charge in [0.25, 0.3) is 5.92 Å². The van der Waals surface area contributed by atoms with E-state index in [-0.39, 0.29) is 44.2 Å². The molecule has 2 aliphatic heterocycles. The molecule has 0 unspecified atom stereocenters. The summed E-state index contributed by atoms with van der Waals surface area (Å²) in [6, 6.07) is 3.62. The summed E-state index contributed by atoms with van der Waals surface area (Å²) >= 11 is 0. The van der Waals surface area contributed by atoms with Gasteiger partial charge in [-0.3, -0.25) is 9.78 Å². The number of nitriles is 1. The number of halogens is 2. The Morgan fingerprint density at radius 3 is 2.73 bits per heavy atom. The fraction of sp³-hybridized carbons (Fsp3) is 0.450. The number of carbonyl (C=O) groups excluding carboxylic acids is 1. The number of alkyl halides is 2. The topological polar surface area (TPSA) is 95.2 Å². The maximum atomic E-state index is 15.3. The molecule has 4 heterocycles. The fourth-order valence-corrected chi connectivity index (χ4v) is 3.84. The first-order valence-electron chi connectivity index (χ1n) is 9.55. The minimum absolute atomic E-state index is 0.0439. The summed E-state index contributed by atoms with van der Waals surface area (Å²) in [5, 5.41) is 9.23. The molecule has 1 fully saturated rings. The third-order valence-corrected chi connectivity index (χ3v) is 5.73. The number of hydrogen-bond donors (Lipinski definition) is 0. The van der Waals surface area contributed by atoms with E-state index < -0.39 is 23.8 Å². The van der Waals surface area contributed by atoms with E-state index in [9.17, 15) is 10.1 Å². The molecule has 0 radical (unpaired) electrons. The molecule has 0 aliphatic carbocycles. The smallest absolute Gasteiger partial charge is 0.279 e. The number of hydrogen-bond acceptors (Lipinski definition) is 7. The van der Waals surface area contributed by atoms with Gasteiger partial charge in [0, 0.05) is 36.9 Å². The second-order valence-electron chi connectivity index (χ2n) is 7.62. The molecular weight excluding hydrogens is 394 g/mol. The molecule has 0 spiro atoms. The molecule has 1 atom stereocenters. The lowest BCUT2D eigenvalue weighted by Gasteiger charge is -2.46. The standard InChI is InChI=1S/C20H20F2N6O2/c1-19(3-6-28(13-20(19,21)22)18-25-4-2-5-26-18)17(29)27-7-8-30-16-14(9-23)10-24-11-15(16)12-27/h2,4-5,10-11H,3,6-8,12-13H2,1H3/t19-/m1/s1. The minimum Gasteiger partial charge on any atom is -0.490 e. The zero-order chi connectivity index (χ0) is 21.4. The summed E-state index contributed by atoms with van der Waals surface area (Å²) in [4.78, 5) is 28.2. The van der Waals surface area contributed by atoms with E-state index in [1.165, 1.54) is 41.5 Å². The van der Waals surface area contributed by atoms with Crippen LogP contribution in [-0.2, 0) is 11.3 Å². The number of rotatable bonds is 2. The summed E-state index contributed by atoms with van der Waals surface area (Å²) in [6.45, 7) is 1.24. The molecule has 0 N–H and O–H groups in total. The molecule has 2 aliphatic rings. The number of anilines is 1. The summed E-state index contributed by atoms with van der Waals surface area (Å²) in [5.74, 6) is -3.35. The minimum atomic E-state index is -3.29. The van der Waals surface area contributed by atoms with E-state index in [4.69, 9.17) is 4.74 Å². The van der Waals surface area contributed by atoms with Crippen LogP contribution in [-0.4, -0.2) is 57.9 Å². The van der Waals surface area contributed by atoms with Crippen molar-refractivity contribution < 1.29 is 18.3 Å². The molecule has 2 aromatic rings. The number of fused-ring (bicyclic) bond motifs is 1. The zero-order valence-electron chi connectivity index (χ0n) is 16.4. The first kappa shape index (κ1) is 19.9. The van der Waals surface area contributed by atoms with E-state index in [1.807, 2.05) is 6.07 Å². The molecule has 2 aromatic heterocycles. The lowest BCUT2D eigenvalue weighted by molar-refractivity contribution is -0.173. The van der Waals surface area contributed by atoms with Gasteiger partial charge in [-0.1, -0.05) is 0 Å². The molecule has 30 heavy (non-hydrogen) atoms. The highest BCUT2D eigenvalue weighted by atomic mass is 19.3. The Balaban J connectivity index is 1.57. The van der Waals surface area contributed by atoms with E-state index >= 15 is 8.78 Å². The predicted molar refractivity (Wildman–Crippen MR) is 102 cm³/mol. The number of piperidine rings is 1. The maximum absolute atomic E-state index is 15.3. The van der Waals surface area contributed by atoms with Crippen LogP contribution in [0.3, 0.4) is 0 Å². The summed E-state index contributed by atoms with van der Waals surface area (Å²) in [5.41, 5.74) is -1.08. The van der Waals surface area contributed by atoms with Gasteiger partial charge in [-0.2, -0.15) is 5.26 Å². The highest BCUT2D eigenvalue weighted by molar-refractivity contribution is 5.84. The number of aromatic nitrogens is 3. The Labute approximate surface area is 172 Å². The highest BCUT2D eigenvalue weighted by Crippen LogP contribution is 2.46. The lowest BCUT2D eigenvalue weighted by Crippen LogP contribution is -2.61. The van der Waals surface area contributed by atoms with Crippen molar-refractivity contribution in [1.29, 1.82) is 5.26 Å². The van der Waals surface area contributed by atoms with Crippen molar-refractivity contribution in [2.75, 3.05) is 31.1 Å². The van der Waals surface area contributed by atoms with Crippen LogP contribution in [0.2, 0.25) is 0 Å². The van der Waals surface area contributed by atoms with Gasteiger partial charge in [-0.15, -0.1) is 0 Å². The van der Waals surface area contributed by atoms with E-state index in [1.54, 1.807) is 6.07 Å². The number of nitrogens with zero attached hydrogens (tertiary/aromatic N) is 6. The Morgan fingerprint density at radius 1 is 1.27 bits per heavy atom. The van der Waals surface area contributed by atoms with Crippen LogP contribution in [0.5, 0.6) is 5.75 Å². The molecule has 1 amide bonds. The van der Waals surface area contributed by atoms with Gasteiger partial charge in [-0.05, 0) is 19.4 Å². The number of carbonyl (C=O) groups is 1. The van der Waals surface area contributed by atoms with Gasteiger partial charge in [0.05, 0.1) is 19.6 Å². The predicted octanol–water partition coefficient (Wildman–Crippen LogP) is 2.02. The molecule has 10 heteroatoms. The van der Waals surface area contributed by atoms with Gasteiger partial charge >= 0.3 is 0 Å². The number of amides is 1. The molecule has 8 nitrogen and oxygen atoms in total. The highest BCUT2D eigenvalue weighted by Gasteiger charge is 2.59. The van der Waals surface area contributed by atoms with Gasteiger partial charge in [-0.25, -0.2) is 18.7 Å². The Bertz CT molecular complexity index is 997. The van der Waals surface area contributed by atoms with Crippen molar-refractivity contribution in [2.24, 2.45) is 5.41 Å². The first-order valence-corrected chi connectivity index (χ1v) is 9.55. The fourth-order valence-electron chi connectivity index (χ4n) is 3.84. The average Bonchev–Trinajstić information content (AvgIpc) is 2.98. The third-order valence-electron chi connectivity index (χ3n) is 5.73. The summed E-state index contributed by atoms with van der Waals surface area (Å²) < 4.78 is 36.2. The van der Waals surface area contributed by atoms with E-state index in [0.29, 0.717) is 11.3 Å². The van der Waals surface area contributed by atoms with Crippen molar-refractivity contribution in [3.05, 3.63) is 42.0 Å². The molecule has 156 valence electrons.